The van der Waals surface area contributed by atoms with Crippen molar-refractivity contribution in [3.8, 4) is 0 Å². The molecule has 9 heteroatoms. The third kappa shape index (κ3) is 6.00. The lowest BCUT2D eigenvalue weighted by Crippen LogP contribution is -2.28. The highest BCUT2D eigenvalue weighted by Gasteiger charge is 2.32. The number of thioether (sulfide) groups is 1. The Morgan fingerprint density at radius 3 is 2.81 bits per heavy atom. The maximum atomic E-state index is 12.2. The van der Waals surface area contributed by atoms with E-state index in [1.54, 1.807) is 18.2 Å². The highest BCUT2D eigenvalue weighted by atomic mass is 35.5. The molecule has 1 aliphatic heterocycles. The summed E-state index contributed by atoms with van der Waals surface area (Å²) in [5.41, 5.74) is 1.30. The maximum Gasteiger partial charge on any atom is 0.240 e. The first-order valence-electron chi connectivity index (χ1n) is 8.08. The summed E-state index contributed by atoms with van der Waals surface area (Å²) < 4.78 is 0. The van der Waals surface area contributed by atoms with Crippen LogP contribution in [0.4, 0.5) is 5.69 Å². The number of hydrogen-bond acceptors (Lipinski definition) is 5. The predicted octanol–water partition coefficient (Wildman–Crippen LogP) is 4.33. The molecule has 1 heterocycles. The van der Waals surface area contributed by atoms with Crippen LogP contribution in [0.2, 0.25) is 10.0 Å². The second-order valence-corrected chi connectivity index (χ2v) is 8.26. The van der Waals surface area contributed by atoms with Gasteiger partial charge in [-0.1, -0.05) is 54.9 Å². The summed E-state index contributed by atoms with van der Waals surface area (Å²) in [6, 6.07) is 4.96. The van der Waals surface area contributed by atoms with Gasteiger partial charge < -0.3 is 10.6 Å². The van der Waals surface area contributed by atoms with Gasteiger partial charge in [0.1, 0.15) is 5.25 Å². The number of carbonyl (C=O) groups is 2. The molecule has 2 N–H and O–H groups in total. The van der Waals surface area contributed by atoms with Gasteiger partial charge in [-0.25, -0.2) is 0 Å². The Hall–Kier alpha value is -1.57. The number of rotatable bonds is 6. The lowest BCUT2D eigenvalue weighted by atomic mass is 10.1. The topological polar surface area (TPSA) is 82.9 Å². The fraction of sp³-hybridized carbons (Fsp3) is 0.412. The van der Waals surface area contributed by atoms with E-state index in [9.17, 15) is 9.59 Å². The fourth-order valence-electron chi connectivity index (χ4n) is 2.32. The minimum Gasteiger partial charge on any atom is -0.325 e. The van der Waals surface area contributed by atoms with E-state index in [0.717, 1.165) is 12.1 Å². The summed E-state index contributed by atoms with van der Waals surface area (Å²) in [6.45, 7) is 6.09. The Kier molecular flexibility index (Phi) is 7.49. The van der Waals surface area contributed by atoms with Crippen molar-refractivity contribution >= 4 is 63.3 Å². The van der Waals surface area contributed by atoms with E-state index in [0.29, 0.717) is 21.8 Å². The smallest absolute Gasteiger partial charge is 0.240 e. The molecule has 0 aliphatic carbocycles. The van der Waals surface area contributed by atoms with Crippen LogP contribution in [0.25, 0.3) is 0 Å². The molecule has 6 nitrogen and oxygen atoms in total. The number of anilines is 1. The number of halogens is 2. The molecule has 2 amide bonds. The van der Waals surface area contributed by atoms with Crippen LogP contribution in [0.15, 0.2) is 28.4 Å². The van der Waals surface area contributed by atoms with Crippen LogP contribution in [0, 0.1) is 5.92 Å². The zero-order valence-corrected chi connectivity index (χ0v) is 17.0. The van der Waals surface area contributed by atoms with Gasteiger partial charge in [0.05, 0.1) is 15.7 Å². The molecule has 1 atom stereocenters. The molecule has 0 unspecified atom stereocenters. The van der Waals surface area contributed by atoms with Gasteiger partial charge in [0.25, 0.3) is 0 Å². The molecule has 0 saturated carbocycles. The minimum atomic E-state index is -0.563. The highest BCUT2D eigenvalue weighted by molar-refractivity contribution is 8.15. The molecule has 1 aromatic rings. The molecule has 26 heavy (non-hydrogen) atoms. The number of amidine groups is 1. The number of carbonyl (C=O) groups excluding carboxylic acids is 2. The van der Waals surface area contributed by atoms with Gasteiger partial charge in [0, 0.05) is 12.1 Å². The van der Waals surface area contributed by atoms with Crippen molar-refractivity contribution in [1.29, 1.82) is 0 Å². The van der Waals surface area contributed by atoms with Gasteiger partial charge in [0.2, 0.25) is 11.8 Å². The second kappa shape index (κ2) is 9.39. The van der Waals surface area contributed by atoms with Crippen LogP contribution < -0.4 is 10.6 Å². The molecule has 1 aliphatic rings. The van der Waals surface area contributed by atoms with Gasteiger partial charge in [-0.2, -0.15) is 5.10 Å². The Morgan fingerprint density at radius 2 is 2.12 bits per heavy atom. The summed E-state index contributed by atoms with van der Waals surface area (Å²) in [6.07, 6.45) is 0.828. The van der Waals surface area contributed by atoms with Crippen molar-refractivity contribution in [2.45, 2.75) is 38.9 Å². The first-order chi connectivity index (χ1) is 12.3. The number of benzene rings is 1. The van der Waals surface area contributed by atoms with Crippen molar-refractivity contribution in [2.24, 2.45) is 16.1 Å². The summed E-state index contributed by atoms with van der Waals surface area (Å²) in [5.74, 6) is -0.111. The Labute approximate surface area is 166 Å². The van der Waals surface area contributed by atoms with E-state index in [4.69, 9.17) is 23.2 Å². The van der Waals surface area contributed by atoms with Crippen molar-refractivity contribution in [2.75, 3.05) is 5.32 Å². The highest BCUT2D eigenvalue weighted by Crippen LogP contribution is 2.30. The summed E-state index contributed by atoms with van der Waals surface area (Å²) in [7, 11) is 0. The Balaban J connectivity index is 1.95. The van der Waals surface area contributed by atoms with E-state index >= 15 is 0 Å². The average Bonchev–Trinajstić information content (AvgIpc) is 2.89. The average molecular weight is 415 g/mol. The summed E-state index contributed by atoms with van der Waals surface area (Å²) >= 11 is 13.2. The number of nitrogens with zero attached hydrogens (tertiary/aromatic N) is 2. The van der Waals surface area contributed by atoms with Gasteiger partial charge in [-0.15, -0.1) is 5.10 Å². The van der Waals surface area contributed by atoms with E-state index in [1.807, 2.05) is 6.92 Å². The van der Waals surface area contributed by atoms with Crippen molar-refractivity contribution < 1.29 is 9.59 Å². The quantitative estimate of drug-likeness (QED) is 0.536. The molecule has 1 fully saturated rings. The molecule has 2 rings (SSSR count). The third-order valence-corrected chi connectivity index (χ3v) is 5.28. The van der Waals surface area contributed by atoms with Gasteiger partial charge >= 0.3 is 0 Å². The molecule has 0 spiro atoms. The SMILES string of the molecule is CC(CC(C)C)=NN=C1NC(=O)[C@@H](CC(=O)Nc2cccc(Cl)c2Cl)S1. The zero-order chi connectivity index (χ0) is 19.3. The zero-order valence-electron chi connectivity index (χ0n) is 14.7. The molecule has 140 valence electrons. The monoisotopic (exact) mass is 414 g/mol. The van der Waals surface area contributed by atoms with Crippen molar-refractivity contribution in [3.05, 3.63) is 28.2 Å². The van der Waals surface area contributed by atoms with Crippen LogP contribution in [0.5, 0.6) is 0 Å². The van der Waals surface area contributed by atoms with E-state index in [1.165, 1.54) is 11.8 Å². The van der Waals surface area contributed by atoms with Crippen molar-refractivity contribution in [3.63, 3.8) is 0 Å². The molecule has 1 aromatic carbocycles. The van der Waals surface area contributed by atoms with Gasteiger partial charge in [-0.3, -0.25) is 9.59 Å². The fourth-order valence-corrected chi connectivity index (χ4v) is 3.58. The normalized spacial score (nSPS) is 19.2. The molecular weight excluding hydrogens is 395 g/mol. The van der Waals surface area contributed by atoms with Crippen LogP contribution >= 0.6 is 35.0 Å². The standard InChI is InChI=1S/C17H20Cl2N4O2S/c1-9(2)7-10(3)22-23-17-21-16(25)13(26-17)8-14(24)20-12-6-4-5-11(18)15(12)19/h4-6,9,13H,7-8H2,1-3H3,(H,20,24)(H,21,23,25)/t13-/m1/s1. The number of hydrogen-bond donors (Lipinski definition) is 2. The van der Waals surface area contributed by atoms with Gasteiger partial charge in [0.15, 0.2) is 5.17 Å². The Morgan fingerprint density at radius 1 is 1.38 bits per heavy atom. The lowest BCUT2D eigenvalue weighted by molar-refractivity contribution is -0.122. The molecule has 1 saturated heterocycles. The Bertz CT molecular complexity index is 765. The van der Waals surface area contributed by atoms with E-state index < -0.39 is 5.25 Å². The first-order valence-corrected chi connectivity index (χ1v) is 9.72. The maximum absolute atomic E-state index is 12.2. The first kappa shape index (κ1) is 20.7. The van der Waals surface area contributed by atoms with E-state index in [2.05, 4.69) is 34.7 Å². The molecule has 0 radical (unpaired) electrons. The van der Waals surface area contributed by atoms with Crippen LogP contribution in [0.3, 0.4) is 0 Å². The second-order valence-electron chi connectivity index (χ2n) is 6.29. The predicted molar refractivity (Wildman–Crippen MR) is 109 cm³/mol. The minimum absolute atomic E-state index is 0.00689. The van der Waals surface area contributed by atoms with Crippen LogP contribution in [-0.2, 0) is 9.59 Å². The van der Waals surface area contributed by atoms with E-state index in [-0.39, 0.29) is 23.3 Å². The summed E-state index contributed by atoms with van der Waals surface area (Å²) in [5, 5.41) is 13.9. The largest absolute Gasteiger partial charge is 0.325 e. The molecular formula is C17H20Cl2N4O2S. The van der Waals surface area contributed by atoms with Gasteiger partial charge in [-0.05, 0) is 31.4 Å². The van der Waals surface area contributed by atoms with Crippen LogP contribution in [-0.4, -0.2) is 27.9 Å². The third-order valence-electron chi connectivity index (χ3n) is 3.39. The summed E-state index contributed by atoms with van der Waals surface area (Å²) in [4.78, 5) is 24.2. The number of nitrogens with one attached hydrogen (secondary N) is 2. The molecule has 0 bridgehead atoms. The lowest BCUT2D eigenvalue weighted by Gasteiger charge is -2.09. The number of amides is 2. The van der Waals surface area contributed by atoms with Crippen LogP contribution in [0.1, 0.15) is 33.6 Å². The molecule has 0 aromatic heterocycles. The van der Waals surface area contributed by atoms with Crippen molar-refractivity contribution in [1.82, 2.24) is 5.32 Å².